The minimum Gasteiger partial charge on any atom is -0.364 e. The maximum Gasteiger partial charge on any atom is 0.253 e. The molecule has 1 aliphatic carbocycles. The fraction of sp³-hybridized carbons (Fsp3) is 0.385. The molecule has 2 atom stereocenters. The Kier molecular flexibility index (Phi) is 7.29. The van der Waals surface area contributed by atoms with Crippen LogP contribution in [0.15, 0.2) is 42.5 Å². The number of rotatable bonds is 6. The average molecular weight is 525 g/mol. The summed E-state index contributed by atoms with van der Waals surface area (Å²) in [6.45, 7) is 2.41. The van der Waals surface area contributed by atoms with Crippen molar-refractivity contribution in [2.24, 2.45) is 11.8 Å². The second kappa shape index (κ2) is 10.8. The molecule has 37 heavy (non-hydrogen) atoms. The Labute approximate surface area is 218 Å². The first-order valence-electron chi connectivity index (χ1n) is 12.4. The van der Waals surface area contributed by atoms with E-state index in [1.165, 1.54) is 0 Å². The van der Waals surface area contributed by atoms with Crippen LogP contribution in [0.5, 0.6) is 0 Å². The summed E-state index contributed by atoms with van der Waals surface area (Å²) in [6, 6.07) is 13.1. The summed E-state index contributed by atoms with van der Waals surface area (Å²) < 4.78 is 0. The minimum atomic E-state index is -0.424. The molecule has 3 aromatic rings. The molecule has 0 bridgehead atoms. The van der Waals surface area contributed by atoms with E-state index in [2.05, 4.69) is 15.5 Å². The number of anilines is 1. The predicted octanol–water partition coefficient (Wildman–Crippen LogP) is 3.03. The van der Waals surface area contributed by atoms with Crippen molar-refractivity contribution in [1.29, 1.82) is 0 Å². The number of nitrogens with zero attached hydrogens (tertiary/aromatic N) is 3. The van der Waals surface area contributed by atoms with Gasteiger partial charge in [0.15, 0.2) is 5.82 Å². The number of fused-ring (bicyclic) bond motifs is 1. The van der Waals surface area contributed by atoms with Gasteiger partial charge in [0.05, 0.1) is 15.9 Å². The maximum atomic E-state index is 13.0. The fourth-order valence-corrected chi connectivity index (χ4v) is 5.48. The number of amides is 3. The van der Waals surface area contributed by atoms with Crippen molar-refractivity contribution in [3.8, 4) is 0 Å². The molecule has 2 fully saturated rings. The number of benzene rings is 2. The van der Waals surface area contributed by atoms with Crippen LogP contribution in [0.2, 0.25) is 5.02 Å². The number of carbonyl (C=O) groups is 3. The molecule has 2 aromatic carbocycles. The van der Waals surface area contributed by atoms with Crippen molar-refractivity contribution in [2.75, 3.05) is 31.5 Å². The molecule has 4 N–H and O–H groups in total. The quantitative estimate of drug-likeness (QED) is 0.289. The number of aromatic nitrogens is 2. The molecule has 2 heterocycles. The van der Waals surface area contributed by atoms with Gasteiger partial charge in [-0.1, -0.05) is 29.8 Å². The van der Waals surface area contributed by atoms with Crippen LogP contribution in [0.4, 0.5) is 5.82 Å². The highest BCUT2D eigenvalue weighted by molar-refractivity contribution is 6.36. The summed E-state index contributed by atoms with van der Waals surface area (Å²) in [5, 5.41) is 20.8. The number of carbonyl (C=O) groups excluding carboxylic acids is 3. The van der Waals surface area contributed by atoms with Gasteiger partial charge in [-0.05, 0) is 49.1 Å². The zero-order valence-corrected chi connectivity index (χ0v) is 21.0. The lowest BCUT2D eigenvalue weighted by atomic mass is 10.0. The van der Waals surface area contributed by atoms with Crippen molar-refractivity contribution in [2.45, 2.75) is 25.8 Å². The fourth-order valence-electron chi connectivity index (χ4n) is 5.21. The van der Waals surface area contributed by atoms with Crippen molar-refractivity contribution in [3.63, 3.8) is 0 Å². The molecule has 1 aromatic heterocycles. The van der Waals surface area contributed by atoms with Crippen LogP contribution in [0.3, 0.4) is 0 Å². The van der Waals surface area contributed by atoms with E-state index in [0.717, 1.165) is 16.5 Å². The van der Waals surface area contributed by atoms with Crippen LogP contribution in [0.1, 0.15) is 35.2 Å². The molecule has 1 aliphatic heterocycles. The molecule has 1 saturated heterocycles. The van der Waals surface area contributed by atoms with Gasteiger partial charge in [0.25, 0.3) is 5.91 Å². The molecule has 2 aliphatic rings. The Morgan fingerprint density at radius 2 is 1.70 bits per heavy atom. The van der Waals surface area contributed by atoms with Crippen LogP contribution < -0.4 is 10.8 Å². The van der Waals surface area contributed by atoms with Gasteiger partial charge in [0.2, 0.25) is 11.8 Å². The number of H-pyrrole nitrogens is 1. The smallest absolute Gasteiger partial charge is 0.253 e. The Balaban J connectivity index is 1.12. The summed E-state index contributed by atoms with van der Waals surface area (Å²) >= 11 is 6.31. The molecular formula is C26H29ClN6O4. The van der Waals surface area contributed by atoms with E-state index in [0.29, 0.717) is 68.4 Å². The zero-order chi connectivity index (χ0) is 25.9. The van der Waals surface area contributed by atoms with Gasteiger partial charge in [0.1, 0.15) is 0 Å². The van der Waals surface area contributed by atoms with Crippen molar-refractivity contribution < 1.29 is 19.6 Å². The Bertz CT molecular complexity index is 1300. The Hall–Kier alpha value is -3.63. The number of piperazine rings is 1. The predicted molar refractivity (Wildman–Crippen MR) is 138 cm³/mol. The van der Waals surface area contributed by atoms with E-state index in [-0.39, 0.29) is 23.7 Å². The molecule has 2 unspecified atom stereocenters. The zero-order valence-electron chi connectivity index (χ0n) is 20.2. The maximum absolute atomic E-state index is 13.0. The second-order valence-corrected chi connectivity index (χ2v) is 9.99. The summed E-state index contributed by atoms with van der Waals surface area (Å²) in [5.41, 5.74) is 4.15. The topological polar surface area (TPSA) is 131 Å². The Morgan fingerprint density at radius 1 is 1.00 bits per heavy atom. The standard InChI is InChI=1S/C26H29ClN6O4/c27-20-2-1-3-21-22(20)23(30-29-21)28-15-16-4-6-17(7-5-16)25(35)32-10-12-33(13-11-32)26(36)19-9-8-18(14-19)24(34)31-37/h1-7,18-19,37H,8-15H2,(H,31,34)(H2,28,29,30). The van der Waals surface area contributed by atoms with Crippen molar-refractivity contribution in [1.82, 2.24) is 25.5 Å². The lowest BCUT2D eigenvalue weighted by Crippen LogP contribution is -2.51. The van der Waals surface area contributed by atoms with Gasteiger partial charge in [-0.2, -0.15) is 5.10 Å². The Morgan fingerprint density at radius 3 is 2.43 bits per heavy atom. The third kappa shape index (κ3) is 5.26. The van der Waals surface area contributed by atoms with E-state index in [1.807, 2.05) is 42.5 Å². The third-order valence-corrected chi connectivity index (χ3v) is 7.66. The summed E-state index contributed by atoms with van der Waals surface area (Å²) in [6.07, 6.45) is 1.69. The first kappa shape index (κ1) is 25.0. The lowest BCUT2D eigenvalue weighted by Gasteiger charge is -2.36. The van der Waals surface area contributed by atoms with Gasteiger partial charge in [0, 0.05) is 50.1 Å². The molecule has 10 nitrogen and oxygen atoms in total. The number of hydroxylamine groups is 1. The number of aromatic amines is 1. The summed E-state index contributed by atoms with van der Waals surface area (Å²) in [5.74, 6) is -0.303. The third-order valence-electron chi connectivity index (χ3n) is 7.34. The first-order valence-corrected chi connectivity index (χ1v) is 12.8. The van der Waals surface area contributed by atoms with E-state index in [1.54, 1.807) is 15.3 Å². The highest BCUT2D eigenvalue weighted by Gasteiger charge is 2.37. The SMILES string of the molecule is O=C(NO)C1CCC(C(=O)N2CCN(C(=O)c3ccc(CNc4n[nH]c5cccc(Cl)c45)cc3)CC2)C1. The average Bonchev–Trinajstić information content (AvgIpc) is 3.60. The van der Waals surface area contributed by atoms with Crippen LogP contribution >= 0.6 is 11.6 Å². The molecule has 194 valence electrons. The molecule has 5 rings (SSSR count). The largest absolute Gasteiger partial charge is 0.364 e. The first-order chi connectivity index (χ1) is 17.9. The van der Waals surface area contributed by atoms with Gasteiger partial charge >= 0.3 is 0 Å². The van der Waals surface area contributed by atoms with Gasteiger partial charge in [-0.3, -0.25) is 24.7 Å². The molecule has 3 amide bonds. The second-order valence-electron chi connectivity index (χ2n) is 9.59. The van der Waals surface area contributed by atoms with E-state index in [4.69, 9.17) is 16.8 Å². The molecule has 1 saturated carbocycles. The number of hydrogen-bond donors (Lipinski definition) is 4. The minimum absolute atomic E-state index is 0.0307. The number of nitrogens with one attached hydrogen (secondary N) is 3. The highest BCUT2D eigenvalue weighted by atomic mass is 35.5. The van der Waals surface area contributed by atoms with Crippen LogP contribution in [0, 0.1) is 11.8 Å². The van der Waals surface area contributed by atoms with E-state index in [9.17, 15) is 14.4 Å². The summed E-state index contributed by atoms with van der Waals surface area (Å²) in [4.78, 5) is 41.1. The monoisotopic (exact) mass is 524 g/mol. The summed E-state index contributed by atoms with van der Waals surface area (Å²) in [7, 11) is 0. The molecule has 11 heteroatoms. The van der Waals surface area contributed by atoms with Crippen molar-refractivity contribution >= 4 is 46.0 Å². The van der Waals surface area contributed by atoms with Crippen LogP contribution in [0.25, 0.3) is 10.9 Å². The lowest BCUT2D eigenvalue weighted by molar-refractivity contribution is -0.137. The highest BCUT2D eigenvalue weighted by Crippen LogP contribution is 2.33. The molecule has 0 radical (unpaired) electrons. The molecule has 0 spiro atoms. The van der Waals surface area contributed by atoms with Crippen LogP contribution in [-0.2, 0) is 16.1 Å². The number of hydrogen-bond acceptors (Lipinski definition) is 6. The van der Waals surface area contributed by atoms with E-state index >= 15 is 0 Å². The molecular weight excluding hydrogens is 496 g/mol. The van der Waals surface area contributed by atoms with E-state index < -0.39 is 5.91 Å². The normalized spacial score (nSPS) is 19.7. The van der Waals surface area contributed by atoms with Gasteiger partial charge < -0.3 is 15.1 Å². The van der Waals surface area contributed by atoms with Gasteiger partial charge in [-0.25, -0.2) is 5.48 Å². The number of halogens is 1. The van der Waals surface area contributed by atoms with Crippen molar-refractivity contribution in [3.05, 3.63) is 58.6 Å². The van der Waals surface area contributed by atoms with Gasteiger partial charge in [-0.15, -0.1) is 0 Å². The van der Waals surface area contributed by atoms with Crippen LogP contribution in [-0.4, -0.2) is 69.1 Å².